The minimum atomic E-state index is -1.13. The Bertz CT molecular complexity index is 564. The molecule has 1 saturated heterocycles. The first-order valence-electron chi connectivity index (χ1n) is 6.44. The van der Waals surface area contributed by atoms with Gasteiger partial charge in [-0.15, -0.1) is 0 Å². The van der Waals surface area contributed by atoms with Crippen LogP contribution >= 0.6 is 0 Å². The fourth-order valence-corrected chi connectivity index (χ4v) is 2.34. The van der Waals surface area contributed by atoms with Crippen molar-refractivity contribution in [2.45, 2.75) is 20.3 Å². The molecule has 0 radical (unpaired) electrons. The molecule has 3 N–H and O–H groups in total. The molecule has 1 unspecified atom stereocenters. The van der Waals surface area contributed by atoms with Gasteiger partial charge < -0.3 is 20.3 Å². The standard InChI is InChI=1S/C13H17N3O4/c1-3-16-6-8(5-10(16)17)12(18)15-9-4-7(2)14-11(9)13(19)20/h4,8,14H,3,5-6H2,1-2H3,(H,15,18)(H,19,20). The van der Waals surface area contributed by atoms with Crippen LogP contribution in [0.3, 0.4) is 0 Å². The molecular weight excluding hydrogens is 262 g/mol. The smallest absolute Gasteiger partial charge is 0.354 e. The van der Waals surface area contributed by atoms with E-state index in [1.54, 1.807) is 17.9 Å². The Balaban J connectivity index is 2.09. The minimum Gasteiger partial charge on any atom is -0.477 e. The van der Waals surface area contributed by atoms with E-state index in [1.165, 1.54) is 0 Å². The van der Waals surface area contributed by atoms with Gasteiger partial charge in [-0.2, -0.15) is 0 Å². The van der Waals surface area contributed by atoms with Gasteiger partial charge in [-0.05, 0) is 19.9 Å². The number of carboxylic acid groups (broad SMARTS) is 1. The minimum absolute atomic E-state index is 0.0450. The number of hydrogen-bond acceptors (Lipinski definition) is 3. The first kappa shape index (κ1) is 14.1. The van der Waals surface area contributed by atoms with Crippen LogP contribution in [0.2, 0.25) is 0 Å². The van der Waals surface area contributed by atoms with Crippen molar-refractivity contribution in [2.24, 2.45) is 5.92 Å². The predicted octanol–water partition coefficient (Wildman–Crippen LogP) is 0.828. The van der Waals surface area contributed by atoms with Gasteiger partial charge in [-0.25, -0.2) is 4.79 Å². The number of carbonyl (C=O) groups is 3. The Hall–Kier alpha value is -2.31. The number of carbonyl (C=O) groups excluding carboxylic acids is 2. The highest BCUT2D eigenvalue weighted by Crippen LogP contribution is 2.22. The third-order valence-electron chi connectivity index (χ3n) is 3.39. The van der Waals surface area contributed by atoms with Crippen molar-refractivity contribution in [2.75, 3.05) is 18.4 Å². The lowest BCUT2D eigenvalue weighted by molar-refractivity contribution is -0.128. The number of aromatic carboxylic acids is 1. The second-order valence-electron chi connectivity index (χ2n) is 4.87. The Morgan fingerprint density at radius 3 is 2.80 bits per heavy atom. The highest BCUT2D eigenvalue weighted by atomic mass is 16.4. The summed E-state index contributed by atoms with van der Waals surface area (Å²) >= 11 is 0. The molecule has 1 aromatic rings. The van der Waals surface area contributed by atoms with Crippen LogP contribution in [-0.4, -0.2) is 45.9 Å². The van der Waals surface area contributed by atoms with Crippen LogP contribution < -0.4 is 5.32 Å². The Morgan fingerprint density at radius 2 is 2.25 bits per heavy atom. The molecule has 2 amide bonds. The zero-order chi connectivity index (χ0) is 14.9. The van der Waals surface area contributed by atoms with Crippen LogP contribution in [0.15, 0.2) is 6.07 Å². The van der Waals surface area contributed by atoms with E-state index in [1.807, 2.05) is 6.92 Å². The van der Waals surface area contributed by atoms with Gasteiger partial charge in [0.1, 0.15) is 5.69 Å². The van der Waals surface area contributed by atoms with Crippen LogP contribution in [0.25, 0.3) is 0 Å². The maximum absolute atomic E-state index is 12.1. The average Bonchev–Trinajstić information content (AvgIpc) is 2.92. The van der Waals surface area contributed by atoms with Crippen LogP contribution in [0.1, 0.15) is 29.5 Å². The van der Waals surface area contributed by atoms with E-state index >= 15 is 0 Å². The normalized spacial score (nSPS) is 18.4. The molecular formula is C13H17N3O4. The molecule has 0 saturated carbocycles. The van der Waals surface area contributed by atoms with Gasteiger partial charge in [-0.1, -0.05) is 0 Å². The lowest BCUT2D eigenvalue weighted by Gasteiger charge is -2.13. The van der Waals surface area contributed by atoms with Crippen LogP contribution in [-0.2, 0) is 9.59 Å². The number of nitrogens with one attached hydrogen (secondary N) is 2. The topological polar surface area (TPSA) is 102 Å². The van der Waals surface area contributed by atoms with E-state index in [4.69, 9.17) is 5.11 Å². The Morgan fingerprint density at radius 1 is 1.55 bits per heavy atom. The first-order chi connectivity index (χ1) is 9.42. The number of aromatic amines is 1. The van der Waals surface area contributed by atoms with Gasteiger partial charge in [0.2, 0.25) is 11.8 Å². The molecule has 0 aliphatic carbocycles. The number of aryl methyl sites for hydroxylation is 1. The number of carboxylic acids is 1. The third-order valence-corrected chi connectivity index (χ3v) is 3.39. The number of nitrogens with zero attached hydrogens (tertiary/aromatic N) is 1. The molecule has 2 rings (SSSR count). The van der Waals surface area contributed by atoms with Crippen molar-refractivity contribution in [3.63, 3.8) is 0 Å². The van der Waals surface area contributed by atoms with Gasteiger partial charge in [0, 0.05) is 25.2 Å². The van der Waals surface area contributed by atoms with Crippen LogP contribution in [0.5, 0.6) is 0 Å². The fourth-order valence-electron chi connectivity index (χ4n) is 2.34. The molecule has 7 heteroatoms. The number of amides is 2. The summed E-state index contributed by atoms with van der Waals surface area (Å²) in [7, 11) is 0. The zero-order valence-corrected chi connectivity index (χ0v) is 11.4. The van der Waals surface area contributed by atoms with Crippen LogP contribution in [0.4, 0.5) is 5.69 Å². The van der Waals surface area contributed by atoms with Crippen molar-refractivity contribution in [3.8, 4) is 0 Å². The number of aromatic nitrogens is 1. The second-order valence-corrected chi connectivity index (χ2v) is 4.87. The summed E-state index contributed by atoms with van der Waals surface area (Å²) in [5, 5.41) is 11.6. The Kier molecular flexibility index (Phi) is 3.78. The summed E-state index contributed by atoms with van der Waals surface area (Å²) in [5.41, 5.74) is 0.838. The molecule has 1 aliphatic rings. The number of anilines is 1. The molecule has 20 heavy (non-hydrogen) atoms. The van der Waals surface area contributed by atoms with Gasteiger partial charge in [0.15, 0.2) is 0 Å². The summed E-state index contributed by atoms with van der Waals surface area (Å²) in [6, 6.07) is 1.57. The lowest BCUT2D eigenvalue weighted by Crippen LogP contribution is -2.28. The van der Waals surface area contributed by atoms with E-state index in [2.05, 4.69) is 10.3 Å². The summed E-state index contributed by atoms with van der Waals surface area (Å²) in [5.74, 6) is -1.93. The second kappa shape index (κ2) is 5.36. The Labute approximate surface area is 116 Å². The van der Waals surface area contributed by atoms with Gasteiger partial charge in [0.05, 0.1) is 11.6 Å². The molecule has 0 aromatic carbocycles. The molecule has 7 nitrogen and oxygen atoms in total. The van der Waals surface area contributed by atoms with E-state index in [9.17, 15) is 14.4 Å². The maximum Gasteiger partial charge on any atom is 0.354 e. The molecule has 108 valence electrons. The number of likely N-dealkylation sites (tertiary alicyclic amines) is 1. The highest BCUT2D eigenvalue weighted by Gasteiger charge is 2.33. The van der Waals surface area contributed by atoms with E-state index < -0.39 is 11.9 Å². The highest BCUT2D eigenvalue weighted by molar-refractivity contribution is 6.02. The molecule has 0 spiro atoms. The number of rotatable bonds is 4. The molecule has 1 atom stereocenters. The van der Waals surface area contributed by atoms with E-state index in [0.717, 1.165) is 0 Å². The van der Waals surface area contributed by atoms with E-state index in [-0.39, 0.29) is 29.6 Å². The number of H-pyrrole nitrogens is 1. The molecule has 2 heterocycles. The summed E-state index contributed by atoms with van der Waals surface area (Å²) in [6.07, 6.45) is 0.172. The monoisotopic (exact) mass is 279 g/mol. The zero-order valence-electron chi connectivity index (χ0n) is 11.4. The van der Waals surface area contributed by atoms with Crippen molar-refractivity contribution < 1.29 is 19.5 Å². The average molecular weight is 279 g/mol. The molecule has 1 fully saturated rings. The maximum atomic E-state index is 12.1. The fraction of sp³-hybridized carbons (Fsp3) is 0.462. The summed E-state index contributed by atoms with van der Waals surface area (Å²) in [4.78, 5) is 39.0. The molecule has 0 bridgehead atoms. The third kappa shape index (κ3) is 2.66. The van der Waals surface area contributed by atoms with Gasteiger partial charge >= 0.3 is 5.97 Å². The van der Waals surface area contributed by atoms with Crippen molar-refractivity contribution in [1.29, 1.82) is 0 Å². The summed E-state index contributed by atoms with van der Waals surface area (Å²) in [6.45, 7) is 4.52. The number of hydrogen-bond donors (Lipinski definition) is 3. The first-order valence-corrected chi connectivity index (χ1v) is 6.44. The predicted molar refractivity (Wildman–Crippen MR) is 71.5 cm³/mol. The van der Waals surface area contributed by atoms with Gasteiger partial charge in [0.25, 0.3) is 0 Å². The molecule has 1 aromatic heterocycles. The SMILES string of the molecule is CCN1CC(C(=O)Nc2cc(C)[nH]c2C(=O)O)CC1=O. The van der Waals surface area contributed by atoms with Crippen molar-refractivity contribution >= 4 is 23.5 Å². The lowest BCUT2D eigenvalue weighted by atomic mass is 10.1. The summed E-state index contributed by atoms with van der Waals surface area (Å²) < 4.78 is 0. The quantitative estimate of drug-likeness (QED) is 0.759. The van der Waals surface area contributed by atoms with Crippen LogP contribution in [0, 0.1) is 12.8 Å². The largest absolute Gasteiger partial charge is 0.477 e. The molecule has 1 aliphatic heterocycles. The van der Waals surface area contributed by atoms with Crippen molar-refractivity contribution in [3.05, 3.63) is 17.5 Å². The van der Waals surface area contributed by atoms with Crippen molar-refractivity contribution in [1.82, 2.24) is 9.88 Å². The van der Waals surface area contributed by atoms with Gasteiger partial charge in [-0.3, -0.25) is 9.59 Å². The van der Waals surface area contributed by atoms with E-state index in [0.29, 0.717) is 18.8 Å².